The molecular weight excluding hydrogens is 188 g/mol. The highest BCUT2D eigenvalue weighted by Crippen LogP contribution is 2.02. The predicted molar refractivity (Wildman–Crippen MR) is 66.3 cm³/mol. The highest BCUT2D eigenvalue weighted by molar-refractivity contribution is 4.77. The van der Waals surface area contributed by atoms with Crippen LogP contribution in [0.2, 0.25) is 0 Å². The standard InChI is InChI=1S/C12H28N2O/c1-7-8-14(5)11(10-15-6)9-13-12(2,3)4/h11,13H,7-10H2,1-6H3. The fraction of sp³-hybridized carbons (Fsp3) is 1.00. The number of rotatable bonds is 7. The van der Waals surface area contributed by atoms with Crippen LogP contribution in [0.5, 0.6) is 0 Å². The van der Waals surface area contributed by atoms with Crippen LogP contribution < -0.4 is 5.32 Å². The molecular formula is C12H28N2O. The minimum Gasteiger partial charge on any atom is -0.383 e. The van der Waals surface area contributed by atoms with Crippen LogP contribution in [0.1, 0.15) is 34.1 Å². The molecule has 15 heavy (non-hydrogen) atoms. The number of nitrogens with one attached hydrogen (secondary N) is 1. The van der Waals surface area contributed by atoms with E-state index in [1.807, 2.05) is 0 Å². The lowest BCUT2D eigenvalue weighted by molar-refractivity contribution is 0.101. The molecule has 0 radical (unpaired) electrons. The summed E-state index contributed by atoms with van der Waals surface area (Å²) in [4.78, 5) is 2.36. The Morgan fingerprint density at radius 3 is 2.33 bits per heavy atom. The van der Waals surface area contributed by atoms with Gasteiger partial charge in [-0.05, 0) is 40.8 Å². The summed E-state index contributed by atoms with van der Waals surface area (Å²) in [6.45, 7) is 11.7. The molecule has 0 aliphatic rings. The van der Waals surface area contributed by atoms with E-state index in [1.54, 1.807) is 7.11 Å². The average Bonchev–Trinajstić information content (AvgIpc) is 2.11. The summed E-state index contributed by atoms with van der Waals surface area (Å²) < 4.78 is 5.25. The van der Waals surface area contributed by atoms with Gasteiger partial charge in [-0.1, -0.05) is 6.92 Å². The predicted octanol–water partition coefficient (Wildman–Crippen LogP) is 1.73. The maximum atomic E-state index is 5.25. The van der Waals surface area contributed by atoms with Gasteiger partial charge in [0.25, 0.3) is 0 Å². The molecule has 0 aliphatic carbocycles. The molecule has 3 nitrogen and oxygen atoms in total. The fourth-order valence-corrected chi connectivity index (χ4v) is 1.49. The van der Waals surface area contributed by atoms with Crippen molar-refractivity contribution in [1.29, 1.82) is 0 Å². The van der Waals surface area contributed by atoms with Crippen molar-refractivity contribution in [2.75, 3.05) is 33.9 Å². The summed E-state index contributed by atoms with van der Waals surface area (Å²) in [6, 6.07) is 0.467. The molecule has 0 aliphatic heterocycles. The molecule has 92 valence electrons. The molecule has 0 aromatic heterocycles. The molecule has 1 N–H and O–H groups in total. The number of likely N-dealkylation sites (N-methyl/N-ethyl adjacent to an activating group) is 1. The minimum atomic E-state index is 0.180. The first-order chi connectivity index (χ1) is 6.90. The molecule has 0 bridgehead atoms. The van der Waals surface area contributed by atoms with E-state index in [0.717, 1.165) is 19.7 Å². The van der Waals surface area contributed by atoms with Crippen LogP contribution in [0.15, 0.2) is 0 Å². The zero-order valence-electron chi connectivity index (χ0n) is 11.3. The molecule has 0 saturated carbocycles. The molecule has 0 spiro atoms. The summed E-state index contributed by atoms with van der Waals surface area (Å²) in [7, 11) is 3.93. The van der Waals surface area contributed by atoms with Crippen molar-refractivity contribution in [2.45, 2.75) is 45.7 Å². The molecule has 0 saturated heterocycles. The second-order valence-corrected chi connectivity index (χ2v) is 5.22. The largest absolute Gasteiger partial charge is 0.383 e. The first-order valence-electron chi connectivity index (χ1n) is 5.85. The van der Waals surface area contributed by atoms with E-state index in [-0.39, 0.29) is 5.54 Å². The maximum Gasteiger partial charge on any atom is 0.0630 e. The van der Waals surface area contributed by atoms with Crippen molar-refractivity contribution >= 4 is 0 Å². The van der Waals surface area contributed by atoms with Gasteiger partial charge < -0.3 is 10.1 Å². The molecule has 0 fully saturated rings. The lowest BCUT2D eigenvalue weighted by Crippen LogP contribution is -2.48. The van der Waals surface area contributed by atoms with E-state index < -0.39 is 0 Å². The van der Waals surface area contributed by atoms with Crippen LogP contribution in [-0.4, -0.2) is 50.3 Å². The van der Waals surface area contributed by atoms with E-state index in [0.29, 0.717) is 6.04 Å². The summed E-state index contributed by atoms with van der Waals surface area (Å²) in [5.41, 5.74) is 0.180. The highest BCUT2D eigenvalue weighted by Gasteiger charge is 2.17. The maximum absolute atomic E-state index is 5.25. The third-order valence-electron chi connectivity index (χ3n) is 2.43. The molecule has 0 aromatic rings. The van der Waals surface area contributed by atoms with Crippen LogP contribution >= 0.6 is 0 Å². The third-order valence-corrected chi connectivity index (χ3v) is 2.43. The topological polar surface area (TPSA) is 24.5 Å². The normalized spacial score (nSPS) is 14.6. The van der Waals surface area contributed by atoms with Crippen molar-refractivity contribution in [3.63, 3.8) is 0 Å². The smallest absolute Gasteiger partial charge is 0.0630 e. The number of hydrogen-bond donors (Lipinski definition) is 1. The summed E-state index contributed by atoms with van der Waals surface area (Å²) in [5, 5.41) is 3.52. The molecule has 0 amide bonds. The number of ether oxygens (including phenoxy) is 1. The summed E-state index contributed by atoms with van der Waals surface area (Å²) >= 11 is 0. The van der Waals surface area contributed by atoms with Gasteiger partial charge in [0.05, 0.1) is 6.61 Å². The molecule has 0 heterocycles. The number of methoxy groups -OCH3 is 1. The van der Waals surface area contributed by atoms with Gasteiger partial charge >= 0.3 is 0 Å². The second kappa shape index (κ2) is 7.20. The minimum absolute atomic E-state index is 0.180. The van der Waals surface area contributed by atoms with Gasteiger partial charge in [0, 0.05) is 25.2 Å². The Bertz CT molecular complexity index is 154. The van der Waals surface area contributed by atoms with E-state index in [9.17, 15) is 0 Å². The van der Waals surface area contributed by atoms with Crippen molar-refractivity contribution < 1.29 is 4.74 Å². The van der Waals surface area contributed by atoms with Crippen molar-refractivity contribution in [1.82, 2.24) is 10.2 Å². The first kappa shape index (κ1) is 14.9. The zero-order chi connectivity index (χ0) is 11.9. The van der Waals surface area contributed by atoms with E-state index in [1.165, 1.54) is 6.42 Å². The van der Waals surface area contributed by atoms with Gasteiger partial charge in [-0.3, -0.25) is 4.90 Å². The third kappa shape index (κ3) is 7.77. The Kier molecular flexibility index (Phi) is 7.14. The van der Waals surface area contributed by atoms with Crippen molar-refractivity contribution in [2.24, 2.45) is 0 Å². The monoisotopic (exact) mass is 216 g/mol. The summed E-state index contributed by atoms with van der Waals surface area (Å²) in [6.07, 6.45) is 1.19. The Morgan fingerprint density at radius 1 is 1.33 bits per heavy atom. The van der Waals surface area contributed by atoms with Crippen LogP contribution in [-0.2, 0) is 4.74 Å². The lowest BCUT2D eigenvalue weighted by Gasteiger charge is -2.31. The van der Waals surface area contributed by atoms with E-state index in [4.69, 9.17) is 4.74 Å². The van der Waals surface area contributed by atoms with Gasteiger partial charge in [0.2, 0.25) is 0 Å². The van der Waals surface area contributed by atoms with E-state index >= 15 is 0 Å². The van der Waals surface area contributed by atoms with Crippen molar-refractivity contribution in [3.05, 3.63) is 0 Å². The number of hydrogen-bond acceptors (Lipinski definition) is 3. The average molecular weight is 216 g/mol. The Morgan fingerprint density at radius 2 is 1.93 bits per heavy atom. The van der Waals surface area contributed by atoms with Crippen molar-refractivity contribution in [3.8, 4) is 0 Å². The Balaban J connectivity index is 4.03. The second-order valence-electron chi connectivity index (χ2n) is 5.22. The molecule has 1 atom stereocenters. The first-order valence-corrected chi connectivity index (χ1v) is 5.85. The van der Waals surface area contributed by atoms with Crippen LogP contribution in [0.25, 0.3) is 0 Å². The van der Waals surface area contributed by atoms with Gasteiger partial charge in [0.1, 0.15) is 0 Å². The molecule has 3 heteroatoms. The van der Waals surface area contributed by atoms with Gasteiger partial charge in [-0.2, -0.15) is 0 Å². The van der Waals surface area contributed by atoms with Gasteiger partial charge in [-0.15, -0.1) is 0 Å². The van der Waals surface area contributed by atoms with Crippen LogP contribution in [0.4, 0.5) is 0 Å². The van der Waals surface area contributed by atoms with Crippen LogP contribution in [0, 0.1) is 0 Å². The van der Waals surface area contributed by atoms with E-state index in [2.05, 4.69) is 45.0 Å². The van der Waals surface area contributed by atoms with Gasteiger partial charge in [-0.25, -0.2) is 0 Å². The zero-order valence-corrected chi connectivity index (χ0v) is 11.3. The lowest BCUT2D eigenvalue weighted by atomic mass is 10.1. The summed E-state index contributed by atoms with van der Waals surface area (Å²) in [5.74, 6) is 0. The fourth-order valence-electron chi connectivity index (χ4n) is 1.49. The van der Waals surface area contributed by atoms with Crippen LogP contribution in [0.3, 0.4) is 0 Å². The van der Waals surface area contributed by atoms with Gasteiger partial charge in [0.15, 0.2) is 0 Å². The SMILES string of the molecule is CCCN(C)C(CNC(C)(C)C)COC. The Labute approximate surface area is 95.2 Å². The highest BCUT2D eigenvalue weighted by atomic mass is 16.5. The quantitative estimate of drug-likeness (QED) is 0.701. The Hall–Kier alpha value is -0.120. The molecule has 0 aromatic carbocycles. The molecule has 1 unspecified atom stereocenters. The molecule has 0 rings (SSSR count). The number of nitrogens with zero attached hydrogens (tertiary/aromatic N) is 1.